The quantitative estimate of drug-likeness (QED) is 0.764. The molecule has 118 valence electrons. The van der Waals surface area contributed by atoms with Crippen LogP contribution in [0.25, 0.3) is 10.8 Å². The third-order valence-corrected chi connectivity index (χ3v) is 5.83. The van der Waals surface area contributed by atoms with Crippen LogP contribution in [0, 0.1) is 0 Å². The fourth-order valence-electron chi connectivity index (χ4n) is 2.19. The van der Waals surface area contributed by atoms with Crippen molar-refractivity contribution >= 4 is 27.0 Å². The van der Waals surface area contributed by atoms with Crippen LogP contribution in [0.5, 0.6) is 0 Å². The van der Waals surface area contributed by atoms with Crippen LogP contribution in [0.15, 0.2) is 51.2 Å². The summed E-state index contributed by atoms with van der Waals surface area (Å²) in [5.41, 5.74) is 0.449. The maximum atomic E-state index is 12.4. The maximum absolute atomic E-state index is 12.4. The summed E-state index contributed by atoms with van der Waals surface area (Å²) in [6, 6.07) is 9.93. The number of thiophene rings is 1. The molecular formula is C15H13N3O3S2. The van der Waals surface area contributed by atoms with Gasteiger partial charge in [-0.15, -0.1) is 11.3 Å². The second kappa shape index (κ2) is 5.47. The third-order valence-electron chi connectivity index (χ3n) is 3.54. The average molecular weight is 347 g/mol. The standard InChI is InChI=1S/C15H13N3O3S2/c19-23(20,11-4-2-1-3-5-11)18-12-8-9-22-13(12)15-16-14(17-21-15)10-6-7-10/h1-5,8-10,18H,6-7H2. The summed E-state index contributed by atoms with van der Waals surface area (Å²) < 4.78 is 32.7. The molecule has 0 bridgehead atoms. The summed E-state index contributed by atoms with van der Waals surface area (Å²) in [4.78, 5) is 5.21. The van der Waals surface area contributed by atoms with Crippen LogP contribution < -0.4 is 4.72 Å². The lowest BCUT2D eigenvalue weighted by atomic mass is 10.4. The zero-order valence-electron chi connectivity index (χ0n) is 12.0. The third kappa shape index (κ3) is 2.87. The first-order valence-electron chi connectivity index (χ1n) is 7.13. The van der Waals surface area contributed by atoms with Crippen molar-refractivity contribution in [3.8, 4) is 10.8 Å². The van der Waals surface area contributed by atoms with E-state index in [-0.39, 0.29) is 4.90 Å². The van der Waals surface area contributed by atoms with E-state index in [2.05, 4.69) is 14.9 Å². The van der Waals surface area contributed by atoms with Gasteiger partial charge in [0, 0.05) is 5.92 Å². The van der Waals surface area contributed by atoms with E-state index < -0.39 is 10.0 Å². The van der Waals surface area contributed by atoms with E-state index in [1.807, 2.05) is 0 Å². The lowest BCUT2D eigenvalue weighted by Crippen LogP contribution is -2.12. The highest BCUT2D eigenvalue weighted by Gasteiger charge is 2.29. The molecule has 0 aliphatic heterocycles. The van der Waals surface area contributed by atoms with Gasteiger partial charge in [0.2, 0.25) is 0 Å². The largest absolute Gasteiger partial charge is 0.333 e. The molecule has 1 N–H and O–H groups in total. The second-order valence-electron chi connectivity index (χ2n) is 5.31. The predicted molar refractivity (Wildman–Crippen MR) is 86.8 cm³/mol. The minimum atomic E-state index is -3.64. The Kier molecular flexibility index (Phi) is 3.42. The Hall–Kier alpha value is -2.19. The van der Waals surface area contributed by atoms with Gasteiger partial charge in [0.25, 0.3) is 15.9 Å². The predicted octanol–water partition coefficient (Wildman–Crippen LogP) is 3.48. The molecule has 0 saturated heterocycles. The molecule has 1 aliphatic carbocycles. The fraction of sp³-hybridized carbons (Fsp3) is 0.200. The van der Waals surface area contributed by atoms with E-state index in [4.69, 9.17) is 4.52 Å². The number of sulfonamides is 1. The Balaban J connectivity index is 1.64. The normalized spacial score (nSPS) is 14.8. The van der Waals surface area contributed by atoms with Gasteiger partial charge in [-0.3, -0.25) is 4.72 Å². The van der Waals surface area contributed by atoms with Crippen LogP contribution in [0.1, 0.15) is 24.6 Å². The Labute approximate surface area is 137 Å². The van der Waals surface area contributed by atoms with Crippen molar-refractivity contribution in [2.45, 2.75) is 23.7 Å². The first kappa shape index (κ1) is 14.4. The summed E-state index contributed by atoms with van der Waals surface area (Å²) in [5.74, 6) is 1.44. The molecule has 4 rings (SSSR count). The van der Waals surface area contributed by atoms with Gasteiger partial charge in [0.05, 0.1) is 10.6 Å². The summed E-state index contributed by atoms with van der Waals surface area (Å²) in [5, 5.41) is 5.76. The van der Waals surface area contributed by atoms with Crippen molar-refractivity contribution in [1.29, 1.82) is 0 Å². The molecule has 23 heavy (non-hydrogen) atoms. The van der Waals surface area contributed by atoms with Crippen LogP contribution in [0.3, 0.4) is 0 Å². The first-order chi connectivity index (χ1) is 11.1. The monoisotopic (exact) mass is 347 g/mol. The average Bonchev–Trinajstić information content (AvgIpc) is 3.11. The molecule has 0 amide bonds. The SMILES string of the molecule is O=S(=O)(Nc1ccsc1-c1nc(C2CC2)no1)c1ccccc1. The number of nitrogens with one attached hydrogen (secondary N) is 1. The highest BCUT2D eigenvalue weighted by atomic mass is 32.2. The first-order valence-corrected chi connectivity index (χ1v) is 9.49. The number of hydrogen-bond acceptors (Lipinski definition) is 6. The number of rotatable bonds is 5. The fourth-order valence-corrected chi connectivity index (χ4v) is 4.12. The Morgan fingerprint density at radius 1 is 1.17 bits per heavy atom. The van der Waals surface area contributed by atoms with Gasteiger partial charge in [-0.05, 0) is 36.4 Å². The van der Waals surface area contributed by atoms with Crippen molar-refractivity contribution in [2.75, 3.05) is 4.72 Å². The Morgan fingerprint density at radius 3 is 2.70 bits per heavy atom. The summed E-state index contributed by atoms with van der Waals surface area (Å²) >= 11 is 1.36. The van der Waals surface area contributed by atoms with Crippen LogP contribution in [0.2, 0.25) is 0 Å². The van der Waals surface area contributed by atoms with Crippen LogP contribution in [-0.2, 0) is 10.0 Å². The molecule has 0 radical (unpaired) electrons. The van der Waals surface area contributed by atoms with Crippen molar-refractivity contribution in [3.05, 3.63) is 47.6 Å². The van der Waals surface area contributed by atoms with E-state index >= 15 is 0 Å². The maximum Gasteiger partial charge on any atom is 0.270 e. The van der Waals surface area contributed by atoms with E-state index in [9.17, 15) is 8.42 Å². The highest BCUT2D eigenvalue weighted by molar-refractivity contribution is 7.92. The van der Waals surface area contributed by atoms with Gasteiger partial charge < -0.3 is 4.52 Å². The number of aromatic nitrogens is 2. The lowest BCUT2D eigenvalue weighted by Gasteiger charge is -2.07. The van der Waals surface area contributed by atoms with Gasteiger partial charge in [0.15, 0.2) is 5.82 Å². The van der Waals surface area contributed by atoms with E-state index in [1.54, 1.807) is 41.8 Å². The highest BCUT2D eigenvalue weighted by Crippen LogP contribution is 2.40. The lowest BCUT2D eigenvalue weighted by molar-refractivity contribution is 0.423. The van der Waals surface area contributed by atoms with Crippen LogP contribution in [0.4, 0.5) is 5.69 Å². The smallest absolute Gasteiger partial charge is 0.270 e. The van der Waals surface area contributed by atoms with Gasteiger partial charge in [-0.25, -0.2) is 8.42 Å². The number of benzene rings is 1. The zero-order chi connectivity index (χ0) is 15.9. The summed E-state index contributed by atoms with van der Waals surface area (Å²) in [6.07, 6.45) is 2.16. The number of nitrogens with zero attached hydrogens (tertiary/aromatic N) is 2. The Morgan fingerprint density at radius 2 is 1.96 bits per heavy atom. The van der Waals surface area contributed by atoms with E-state index in [1.165, 1.54) is 11.3 Å². The molecule has 0 atom stereocenters. The number of anilines is 1. The molecule has 0 spiro atoms. The molecule has 1 aliphatic rings. The van der Waals surface area contributed by atoms with Crippen molar-refractivity contribution < 1.29 is 12.9 Å². The van der Waals surface area contributed by atoms with Gasteiger partial charge in [-0.1, -0.05) is 23.4 Å². The summed E-state index contributed by atoms with van der Waals surface area (Å²) in [7, 11) is -3.64. The molecule has 2 heterocycles. The van der Waals surface area contributed by atoms with E-state index in [0.29, 0.717) is 28.2 Å². The summed E-state index contributed by atoms with van der Waals surface area (Å²) in [6.45, 7) is 0. The van der Waals surface area contributed by atoms with Crippen molar-refractivity contribution in [1.82, 2.24) is 10.1 Å². The minimum absolute atomic E-state index is 0.210. The Bertz CT molecular complexity index is 928. The molecule has 1 aromatic carbocycles. The second-order valence-corrected chi connectivity index (χ2v) is 7.91. The van der Waals surface area contributed by atoms with Crippen LogP contribution in [-0.4, -0.2) is 18.6 Å². The molecule has 1 saturated carbocycles. The van der Waals surface area contributed by atoms with Gasteiger partial charge in [0.1, 0.15) is 4.88 Å². The van der Waals surface area contributed by atoms with Crippen molar-refractivity contribution in [3.63, 3.8) is 0 Å². The van der Waals surface area contributed by atoms with Crippen molar-refractivity contribution in [2.24, 2.45) is 0 Å². The number of hydrogen-bond donors (Lipinski definition) is 1. The topological polar surface area (TPSA) is 85.1 Å². The molecule has 0 unspecified atom stereocenters. The van der Waals surface area contributed by atoms with Gasteiger partial charge >= 0.3 is 0 Å². The molecule has 8 heteroatoms. The molecule has 2 aromatic heterocycles. The van der Waals surface area contributed by atoms with Gasteiger partial charge in [-0.2, -0.15) is 4.98 Å². The zero-order valence-corrected chi connectivity index (χ0v) is 13.6. The molecule has 3 aromatic rings. The van der Waals surface area contributed by atoms with E-state index in [0.717, 1.165) is 12.8 Å². The minimum Gasteiger partial charge on any atom is -0.333 e. The molecule has 1 fully saturated rings. The molecule has 6 nitrogen and oxygen atoms in total. The van der Waals surface area contributed by atoms with Crippen LogP contribution >= 0.6 is 11.3 Å². The molecular weight excluding hydrogens is 334 g/mol.